The molecule has 5 rings (SSSR count). The number of carbonyl (C=O) groups excluding carboxylic acids is 1. The van der Waals surface area contributed by atoms with Crippen molar-refractivity contribution in [2.45, 2.75) is 39.8 Å². The van der Waals surface area contributed by atoms with Gasteiger partial charge in [0.1, 0.15) is 17.2 Å². The Kier molecular flexibility index (Phi) is 6.51. The molecule has 2 aromatic rings. The number of methoxy groups -OCH3 is 2. The second kappa shape index (κ2) is 9.61. The first-order valence-corrected chi connectivity index (χ1v) is 12.5. The normalized spacial score (nSPS) is 19.7. The molecule has 1 fully saturated rings. The SMILES string of the molecule is COc1cc(CN2C(=O)N3C(=NCC3CC(C)(C)C)c3ncc(N4CCOCC4)cc32)cc(OC)c1. The van der Waals surface area contributed by atoms with Gasteiger partial charge in [0.15, 0.2) is 5.84 Å². The van der Waals surface area contributed by atoms with Crippen LogP contribution in [-0.4, -0.2) is 74.9 Å². The maximum atomic E-state index is 14.1. The van der Waals surface area contributed by atoms with Crippen LogP contribution in [0.3, 0.4) is 0 Å². The monoisotopic (exact) mass is 493 g/mol. The van der Waals surface area contributed by atoms with Crippen LogP contribution in [0.2, 0.25) is 0 Å². The van der Waals surface area contributed by atoms with E-state index in [-0.39, 0.29) is 17.5 Å². The Bertz CT molecular complexity index is 1150. The third kappa shape index (κ3) is 4.72. The van der Waals surface area contributed by atoms with E-state index in [4.69, 9.17) is 24.2 Å². The maximum absolute atomic E-state index is 14.1. The largest absolute Gasteiger partial charge is 0.497 e. The van der Waals surface area contributed by atoms with Gasteiger partial charge in [-0.1, -0.05) is 20.8 Å². The number of morpholine rings is 1. The van der Waals surface area contributed by atoms with Crippen molar-refractivity contribution in [1.82, 2.24) is 9.88 Å². The molecule has 1 saturated heterocycles. The lowest BCUT2D eigenvalue weighted by Gasteiger charge is -2.39. The van der Waals surface area contributed by atoms with Crippen molar-refractivity contribution in [3.8, 4) is 11.5 Å². The van der Waals surface area contributed by atoms with Crippen LogP contribution in [0.4, 0.5) is 16.2 Å². The van der Waals surface area contributed by atoms with Crippen LogP contribution in [0.25, 0.3) is 0 Å². The number of amides is 2. The summed E-state index contributed by atoms with van der Waals surface area (Å²) in [6.45, 7) is 10.5. The lowest BCUT2D eigenvalue weighted by molar-refractivity contribution is 0.122. The van der Waals surface area contributed by atoms with Crippen LogP contribution in [0.5, 0.6) is 11.5 Å². The minimum atomic E-state index is -0.0734. The number of pyridine rings is 1. The first kappa shape index (κ1) is 24.4. The molecule has 9 nitrogen and oxygen atoms in total. The molecule has 1 aromatic carbocycles. The standard InChI is InChI=1S/C27H35N5O4/c1-27(2,3)14-20-16-29-25-24-23(12-19(15-28-24)30-6-8-36-9-7-30)31(26(33)32(20)25)17-18-10-21(34-4)13-22(11-18)35-5/h10-13,15,20H,6-9,14,16-17H2,1-5H3. The number of amidine groups is 1. The predicted molar refractivity (Wildman–Crippen MR) is 139 cm³/mol. The molecule has 36 heavy (non-hydrogen) atoms. The Morgan fingerprint density at radius 2 is 1.75 bits per heavy atom. The number of rotatable bonds is 6. The van der Waals surface area contributed by atoms with Crippen molar-refractivity contribution in [3.63, 3.8) is 0 Å². The minimum Gasteiger partial charge on any atom is -0.497 e. The first-order chi connectivity index (χ1) is 17.3. The molecule has 2 amide bonds. The number of aliphatic imine (C=N–C) groups is 1. The lowest BCUT2D eigenvalue weighted by Crippen LogP contribution is -2.54. The molecule has 1 atom stereocenters. The molecular weight excluding hydrogens is 458 g/mol. The lowest BCUT2D eigenvalue weighted by atomic mass is 9.87. The number of carbonyl (C=O) groups is 1. The van der Waals surface area contributed by atoms with Gasteiger partial charge in [0.05, 0.1) is 64.1 Å². The number of nitrogens with zero attached hydrogens (tertiary/aromatic N) is 5. The number of anilines is 2. The van der Waals surface area contributed by atoms with Crippen LogP contribution < -0.4 is 19.3 Å². The summed E-state index contributed by atoms with van der Waals surface area (Å²) < 4.78 is 16.5. The molecule has 0 aliphatic carbocycles. The Hall–Kier alpha value is -3.33. The quantitative estimate of drug-likeness (QED) is 0.607. The fourth-order valence-electron chi connectivity index (χ4n) is 5.16. The smallest absolute Gasteiger partial charge is 0.330 e. The molecule has 0 saturated carbocycles. The number of aromatic nitrogens is 1. The van der Waals surface area contributed by atoms with E-state index in [0.29, 0.717) is 43.6 Å². The van der Waals surface area contributed by atoms with E-state index in [1.807, 2.05) is 34.2 Å². The molecule has 3 aliphatic rings. The van der Waals surface area contributed by atoms with Gasteiger partial charge in [-0.05, 0) is 35.6 Å². The summed E-state index contributed by atoms with van der Waals surface area (Å²) >= 11 is 0. The first-order valence-electron chi connectivity index (χ1n) is 12.5. The molecule has 0 spiro atoms. The van der Waals surface area contributed by atoms with Gasteiger partial charge in [-0.25, -0.2) is 9.78 Å². The molecule has 1 unspecified atom stereocenters. The van der Waals surface area contributed by atoms with E-state index in [9.17, 15) is 4.79 Å². The summed E-state index contributed by atoms with van der Waals surface area (Å²) in [6, 6.07) is 7.71. The third-order valence-corrected chi connectivity index (χ3v) is 6.81. The van der Waals surface area contributed by atoms with Gasteiger partial charge in [0.2, 0.25) is 0 Å². The number of fused-ring (bicyclic) bond motifs is 3. The average molecular weight is 494 g/mol. The summed E-state index contributed by atoms with van der Waals surface area (Å²) in [5.41, 5.74) is 3.48. The topological polar surface area (TPSA) is 79.7 Å². The molecular formula is C27H35N5O4. The Morgan fingerprint density at radius 1 is 1.06 bits per heavy atom. The van der Waals surface area contributed by atoms with Crippen LogP contribution in [0, 0.1) is 5.41 Å². The zero-order valence-electron chi connectivity index (χ0n) is 21.8. The van der Waals surface area contributed by atoms with Gasteiger partial charge in [0, 0.05) is 19.2 Å². The number of urea groups is 1. The zero-order chi connectivity index (χ0) is 25.4. The zero-order valence-corrected chi connectivity index (χ0v) is 21.8. The summed E-state index contributed by atoms with van der Waals surface area (Å²) in [5, 5.41) is 0. The average Bonchev–Trinajstić information content (AvgIpc) is 3.28. The van der Waals surface area contributed by atoms with E-state index >= 15 is 0 Å². The summed E-state index contributed by atoms with van der Waals surface area (Å²) in [5.74, 6) is 2.05. The molecule has 192 valence electrons. The van der Waals surface area contributed by atoms with Gasteiger partial charge < -0.3 is 19.1 Å². The van der Waals surface area contributed by atoms with Crippen LogP contribution in [-0.2, 0) is 11.3 Å². The van der Waals surface area contributed by atoms with E-state index in [2.05, 4.69) is 31.7 Å². The highest BCUT2D eigenvalue weighted by atomic mass is 16.5. The van der Waals surface area contributed by atoms with Crippen molar-refractivity contribution in [1.29, 1.82) is 0 Å². The van der Waals surface area contributed by atoms with Crippen molar-refractivity contribution in [3.05, 3.63) is 41.7 Å². The van der Waals surface area contributed by atoms with Gasteiger partial charge in [-0.2, -0.15) is 0 Å². The highest BCUT2D eigenvalue weighted by Gasteiger charge is 2.44. The highest BCUT2D eigenvalue weighted by molar-refractivity contribution is 6.19. The van der Waals surface area contributed by atoms with Crippen LogP contribution in [0.1, 0.15) is 38.4 Å². The fraction of sp³-hybridized carbons (Fsp3) is 0.519. The van der Waals surface area contributed by atoms with Gasteiger partial charge in [-0.15, -0.1) is 0 Å². The van der Waals surface area contributed by atoms with Crippen molar-refractivity contribution < 1.29 is 19.0 Å². The van der Waals surface area contributed by atoms with Crippen molar-refractivity contribution in [2.24, 2.45) is 10.4 Å². The molecule has 1 aromatic heterocycles. The second-order valence-electron chi connectivity index (χ2n) is 10.7. The molecule has 0 N–H and O–H groups in total. The minimum absolute atomic E-state index is 0.00344. The van der Waals surface area contributed by atoms with Crippen LogP contribution >= 0.6 is 0 Å². The Labute approximate surface area is 212 Å². The van der Waals surface area contributed by atoms with Gasteiger partial charge >= 0.3 is 6.03 Å². The molecule has 4 heterocycles. The summed E-state index contributed by atoms with van der Waals surface area (Å²) in [6.07, 6.45) is 2.75. The second-order valence-corrected chi connectivity index (χ2v) is 10.7. The highest BCUT2D eigenvalue weighted by Crippen LogP contribution is 2.38. The maximum Gasteiger partial charge on any atom is 0.330 e. The summed E-state index contributed by atoms with van der Waals surface area (Å²) in [4.78, 5) is 29.7. The number of benzene rings is 1. The number of ether oxygens (including phenoxy) is 3. The number of hydrogen-bond acceptors (Lipinski definition) is 7. The van der Waals surface area contributed by atoms with E-state index in [0.717, 1.165) is 42.1 Å². The third-order valence-electron chi connectivity index (χ3n) is 6.81. The van der Waals surface area contributed by atoms with Crippen molar-refractivity contribution in [2.75, 3.05) is 56.9 Å². The molecule has 9 heteroatoms. The van der Waals surface area contributed by atoms with Gasteiger partial charge in [-0.3, -0.25) is 14.8 Å². The van der Waals surface area contributed by atoms with E-state index in [1.165, 1.54) is 0 Å². The van der Waals surface area contributed by atoms with E-state index in [1.54, 1.807) is 14.2 Å². The Morgan fingerprint density at radius 3 is 2.39 bits per heavy atom. The fourth-order valence-corrected chi connectivity index (χ4v) is 5.16. The van der Waals surface area contributed by atoms with Crippen molar-refractivity contribution >= 4 is 23.2 Å². The summed E-state index contributed by atoms with van der Waals surface area (Å²) in [7, 11) is 3.25. The number of hydrogen-bond donors (Lipinski definition) is 0. The van der Waals surface area contributed by atoms with Crippen LogP contribution in [0.15, 0.2) is 35.5 Å². The Balaban J connectivity index is 1.56. The van der Waals surface area contributed by atoms with Gasteiger partial charge in [0.25, 0.3) is 0 Å². The molecule has 0 radical (unpaired) electrons. The molecule has 3 aliphatic heterocycles. The predicted octanol–water partition coefficient (Wildman–Crippen LogP) is 3.94. The molecule has 0 bridgehead atoms. The van der Waals surface area contributed by atoms with E-state index < -0.39 is 0 Å².